The van der Waals surface area contributed by atoms with E-state index in [-0.39, 0.29) is 5.91 Å². The zero-order valence-corrected chi connectivity index (χ0v) is 9.47. The topological polar surface area (TPSA) is 44.7 Å². The quantitative estimate of drug-likeness (QED) is 0.622. The van der Waals surface area contributed by atoms with Gasteiger partial charge in [-0.05, 0) is 31.2 Å². The Hall–Kier alpha value is -2.10. The van der Waals surface area contributed by atoms with Crippen molar-refractivity contribution in [3.8, 4) is 0 Å². The number of hydrogen-bond acceptors (Lipinski definition) is 3. The molecule has 0 unspecified atom stereocenters. The fraction of sp³-hybridized carbons (Fsp3) is 0.167. The molecule has 84 valence electrons. The molecule has 16 heavy (non-hydrogen) atoms. The predicted molar refractivity (Wildman–Crippen MR) is 67.6 cm³/mol. The van der Waals surface area contributed by atoms with Crippen molar-refractivity contribution in [1.29, 1.82) is 0 Å². The standard InChI is InChI=1S/C12H15N3O/c1-4-13-15(5-2)12-8-6-11(7-9-12)14-10(3)16/h4-9H,2H2,1,3H3,(H,14,16)/b13-4-. The second kappa shape index (κ2) is 5.70. The molecular formula is C12H15N3O. The summed E-state index contributed by atoms with van der Waals surface area (Å²) in [6.45, 7) is 6.98. The first kappa shape index (κ1) is 12.0. The predicted octanol–water partition coefficient (Wildman–Crippen LogP) is 2.60. The highest BCUT2D eigenvalue weighted by molar-refractivity contribution is 5.88. The Kier molecular flexibility index (Phi) is 4.27. The van der Waals surface area contributed by atoms with E-state index in [0.717, 1.165) is 11.4 Å². The molecule has 4 heteroatoms. The SMILES string of the molecule is C=CN(/N=C\C)c1ccc(NC(C)=O)cc1. The summed E-state index contributed by atoms with van der Waals surface area (Å²) in [4.78, 5) is 10.8. The van der Waals surface area contributed by atoms with Crippen LogP contribution in [0.2, 0.25) is 0 Å². The van der Waals surface area contributed by atoms with Crippen molar-refractivity contribution in [1.82, 2.24) is 0 Å². The molecule has 1 rings (SSSR count). The van der Waals surface area contributed by atoms with E-state index in [9.17, 15) is 4.79 Å². The molecule has 1 aromatic carbocycles. The second-order valence-corrected chi connectivity index (χ2v) is 3.13. The van der Waals surface area contributed by atoms with Crippen LogP contribution in [-0.4, -0.2) is 12.1 Å². The first-order chi connectivity index (χ1) is 7.67. The van der Waals surface area contributed by atoms with Gasteiger partial charge in [0.2, 0.25) is 5.91 Å². The Balaban J connectivity index is 2.84. The molecule has 0 saturated carbocycles. The second-order valence-electron chi connectivity index (χ2n) is 3.13. The lowest BCUT2D eigenvalue weighted by Crippen LogP contribution is -2.08. The highest BCUT2D eigenvalue weighted by atomic mass is 16.1. The van der Waals surface area contributed by atoms with Crippen molar-refractivity contribution in [2.45, 2.75) is 13.8 Å². The van der Waals surface area contributed by atoms with Crippen LogP contribution in [0.15, 0.2) is 42.1 Å². The van der Waals surface area contributed by atoms with Crippen LogP contribution in [0.1, 0.15) is 13.8 Å². The average molecular weight is 217 g/mol. The summed E-state index contributed by atoms with van der Waals surface area (Å²) >= 11 is 0. The van der Waals surface area contributed by atoms with Crippen molar-refractivity contribution in [3.63, 3.8) is 0 Å². The molecule has 4 nitrogen and oxygen atoms in total. The third-order valence-corrected chi connectivity index (χ3v) is 1.87. The molecule has 0 aliphatic heterocycles. The fourth-order valence-electron chi connectivity index (χ4n) is 1.24. The number of anilines is 2. The Morgan fingerprint density at radius 1 is 1.44 bits per heavy atom. The molecule has 0 radical (unpaired) electrons. The van der Waals surface area contributed by atoms with Crippen molar-refractivity contribution >= 4 is 23.5 Å². The lowest BCUT2D eigenvalue weighted by molar-refractivity contribution is -0.114. The number of carbonyl (C=O) groups is 1. The molecule has 0 spiro atoms. The van der Waals surface area contributed by atoms with E-state index in [2.05, 4.69) is 17.0 Å². The van der Waals surface area contributed by atoms with Crippen LogP contribution in [0.5, 0.6) is 0 Å². The van der Waals surface area contributed by atoms with E-state index in [0.29, 0.717) is 0 Å². The van der Waals surface area contributed by atoms with Gasteiger partial charge in [0.25, 0.3) is 0 Å². The Labute approximate surface area is 95.3 Å². The summed E-state index contributed by atoms with van der Waals surface area (Å²) in [6, 6.07) is 7.36. The van der Waals surface area contributed by atoms with E-state index >= 15 is 0 Å². The van der Waals surface area contributed by atoms with E-state index in [1.165, 1.54) is 6.92 Å². The number of amides is 1. The van der Waals surface area contributed by atoms with Crippen LogP contribution >= 0.6 is 0 Å². The van der Waals surface area contributed by atoms with Gasteiger partial charge in [0.15, 0.2) is 0 Å². The number of nitrogens with zero attached hydrogens (tertiary/aromatic N) is 2. The lowest BCUT2D eigenvalue weighted by Gasteiger charge is -2.13. The number of rotatable bonds is 4. The lowest BCUT2D eigenvalue weighted by atomic mass is 10.2. The number of nitrogens with one attached hydrogen (secondary N) is 1. The van der Waals surface area contributed by atoms with E-state index in [1.54, 1.807) is 17.4 Å². The summed E-state index contributed by atoms with van der Waals surface area (Å²) in [7, 11) is 0. The minimum Gasteiger partial charge on any atom is -0.326 e. The zero-order chi connectivity index (χ0) is 12.0. The third kappa shape index (κ3) is 3.24. The number of hydrogen-bond donors (Lipinski definition) is 1. The van der Waals surface area contributed by atoms with Gasteiger partial charge in [-0.25, -0.2) is 5.01 Å². The smallest absolute Gasteiger partial charge is 0.221 e. The molecule has 0 aliphatic carbocycles. The molecule has 0 fully saturated rings. The molecule has 1 N–H and O–H groups in total. The van der Waals surface area contributed by atoms with Crippen LogP contribution in [0, 0.1) is 0 Å². The van der Waals surface area contributed by atoms with Crippen LogP contribution in [0.4, 0.5) is 11.4 Å². The highest BCUT2D eigenvalue weighted by Gasteiger charge is 2.00. The van der Waals surface area contributed by atoms with Gasteiger partial charge in [0.05, 0.1) is 5.69 Å². The molecule has 0 saturated heterocycles. The Morgan fingerprint density at radius 2 is 2.06 bits per heavy atom. The maximum Gasteiger partial charge on any atom is 0.221 e. The van der Waals surface area contributed by atoms with Gasteiger partial charge < -0.3 is 5.32 Å². The van der Waals surface area contributed by atoms with Gasteiger partial charge in [-0.3, -0.25) is 4.79 Å². The minimum atomic E-state index is -0.0834. The van der Waals surface area contributed by atoms with Gasteiger partial charge in [-0.1, -0.05) is 6.58 Å². The maximum atomic E-state index is 10.8. The largest absolute Gasteiger partial charge is 0.326 e. The highest BCUT2D eigenvalue weighted by Crippen LogP contribution is 2.18. The maximum absolute atomic E-state index is 10.8. The van der Waals surface area contributed by atoms with Crippen molar-refractivity contribution in [2.24, 2.45) is 5.10 Å². The van der Waals surface area contributed by atoms with Crippen LogP contribution in [0.3, 0.4) is 0 Å². The third-order valence-electron chi connectivity index (χ3n) is 1.87. The van der Waals surface area contributed by atoms with Gasteiger partial charge in [-0.2, -0.15) is 5.10 Å². The molecule has 0 bridgehead atoms. The molecular weight excluding hydrogens is 202 g/mol. The van der Waals surface area contributed by atoms with E-state index in [4.69, 9.17) is 0 Å². The summed E-state index contributed by atoms with van der Waals surface area (Å²) in [5.41, 5.74) is 1.66. The Morgan fingerprint density at radius 3 is 2.50 bits per heavy atom. The summed E-state index contributed by atoms with van der Waals surface area (Å²) < 4.78 is 0. The van der Waals surface area contributed by atoms with Gasteiger partial charge in [-0.15, -0.1) is 0 Å². The van der Waals surface area contributed by atoms with Crippen LogP contribution in [0.25, 0.3) is 0 Å². The van der Waals surface area contributed by atoms with Crippen molar-refractivity contribution in [3.05, 3.63) is 37.0 Å². The molecule has 0 aromatic heterocycles. The minimum absolute atomic E-state index is 0.0834. The number of carbonyl (C=O) groups excluding carboxylic acids is 1. The van der Waals surface area contributed by atoms with E-state index in [1.807, 2.05) is 31.2 Å². The molecule has 1 amide bonds. The van der Waals surface area contributed by atoms with Gasteiger partial charge in [0, 0.05) is 25.0 Å². The molecule has 0 aliphatic rings. The summed E-state index contributed by atoms with van der Waals surface area (Å²) in [6.07, 6.45) is 3.30. The summed E-state index contributed by atoms with van der Waals surface area (Å²) in [5.74, 6) is -0.0834. The first-order valence-electron chi connectivity index (χ1n) is 4.95. The zero-order valence-electron chi connectivity index (χ0n) is 9.47. The van der Waals surface area contributed by atoms with E-state index < -0.39 is 0 Å². The average Bonchev–Trinajstić information content (AvgIpc) is 2.26. The van der Waals surface area contributed by atoms with Gasteiger partial charge in [0.1, 0.15) is 0 Å². The van der Waals surface area contributed by atoms with Crippen LogP contribution < -0.4 is 10.3 Å². The van der Waals surface area contributed by atoms with Crippen LogP contribution in [-0.2, 0) is 4.79 Å². The molecule has 0 heterocycles. The monoisotopic (exact) mass is 217 g/mol. The normalized spacial score (nSPS) is 10.1. The molecule has 0 atom stereocenters. The van der Waals surface area contributed by atoms with Crippen molar-refractivity contribution < 1.29 is 4.79 Å². The Bertz CT molecular complexity index is 395. The summed E-state index contributed by atoms with van der Waals surface area (Å²) in [5, 5.41) is 8.46. The fourth-order valence-corrected chi connectivity index (χ4v) is 1.24. The molecule has 1 aromatic rings. The number of benzene rings is 1. The first-order valence-corrected chi connectivity index (χ1v) is 4.95. The number of hydrazone groups is 1. The van der Waals surface area contributed by atoms with Crippen molar-refractivity contribution in [2.75, 3.05) is 10.3 Å². The van der Waals surface area contributed by atoms with Gasteiger partial charge >= 0.3 is 0 Å².